The van der Waals surface area contributed by atoms with E-state index in [1.165, 1.54) is 0 Å². The Bertz CT molecular complexity index is 49.9. The van der Waals surface area contributed by atoms with Crippen LogP contribution in [0.2, 0.25) is 62.3 Å². The number of hydrogen-bond donors (Lipinski definition) is 0. The molecule has 0 unspecified atom stereocenters. The molecule has 0 aromatic carbocycles. The van der Waals surface area contributed by atoms with Crippen LogP contribution in [-0.4, -0.2) is 65.5 Å². The first-order valence-electron chi connectivity index (χ1n) is 5.00. The topological polar surface area (TPSA) is 0 Å². The van der Waals surface area contributed by atoms with Crippen molar-refractivity contribution in [1.82, 2.24) is 0 Å². The van der Waals surface area contributed by atoms with Gasteiger partial charge in [-0.3, -0.25) is 0 Å². The normalized spacial score (nSPS) is 7.60. The van der Waals surface area contributed by atoms with Gasteiger partial charge in [-0.2, -0.15) is 0 Å². The van der Waals surface area contributed by atoms with Gasteiger partial charge in [-0.05, 0) is 0 Å². The van der Waals surface area contributed by atoms with Crippen LogP contribution < -0.4 is 0 Å². The average molecular weight is 431 g/mol. The monoisotopic (exact) mass is 434 g/mol. The standard InChI is InChI=1S/C3H9Ge.2C3H9Si.CH3Ge.Se/c3*1-4(2)3;1-2;/h3*1-3H3;1H3;. The van der Waals surface area contributed by atoms with E-state index in [2.05, 4.69) is 56.6 Å². The Morgan fingerprint density at radius 2 is 0.667 bits per heavy atom. The van der Waals surface area contributed by atoms with Crippen molar-refractivity contribution in [3.8, 4) is 0 Å². The summed E-state index contributed by atoms with van der Waals surface area (Å²) in [5.74, 6) is 9.00. The predicted molar refractivity (Wildman–Crippen MR) is 87.4 cm³/mol. The second-order valence-corrected chi connectivity index (χ2v) is 16.8. The number of rotatable bonds is 0. The Hall–Kier alpha value is 2.04. The maximum Gasteiger partial charge on any atom is 0 e. The molecule has 0 aromatic rings. The molecule has 0 heterocycles. The Balaban J connectivity index is -0.0000000298. The van der Waals surface area contributed by atoms with Crippen molar-refractivity contribution in [3.63, 3.8) is 0 Å². The Morgan fingerprint density at radius 1 is 0.667 bits per heavy atom. The molecule has 8 radical (unpaired) electrons. The molecule has 0 bridgehead atoms. The predicted octanol–water partition coefficient (Wildman–Crippen LogP) is 3.93. The molecule has 0 aliphatic carbocycles. The molecule has 0 aromatic heterocycles. The van der Waals surface area contributed by atoms with Gasteiger partial charge in [0.05, 0.1) is 0 Å². The molecule has 0 aliphatic heterocycles. The molecule has 92 valence electrons. The van der Waals surface area contributed by atoms with Crippen molar-refractivity contribution in [2.75, 3.05) is 0 Å². The van der Waals surface area contributed by atoms with Crippen molar-refractivity contribution >= 4 is 65.5 Å². The first-order chi connectivity index (χ1) is 6.20. The zero-order valence-corrected chi connectivity index (χ0v) is 20.3. The zero-order chi connectivity index (χ0) is 12.7. The first-order valence-corrected chi connectivity index (χ1v) is 19.4. The molecule has 0 nitrogen and oxygen atoms in total. The second-order valence-electron chi connectivity index (χ2n) is 4.50. The summed E-state index contributed by atoms with van der Waals surface area (Å²) in [5, 5.41) is 0. The Labute approximate surface area is 127 Å². The fourth-order valence-electron chi connectivity index (χ4n) is 0. The minimum Gasteiger partial charge on any atom is 0 e. The van der Waals surface area contributed by atoms with Crippen molar-refractivity contribution in [3.05, 3.63) is 0 Å². The first kappa shape index (κ1) is 30.2. The molecule has 0 N–H and O–H groups in total. The smallest absolute Gasteiger partial charge is 0 e. The van der Waals surface area contributed by atoms with Crippen LogP contribution in [0.1, 0.15) is 0 Å². The van der Waals surface area contributed by atoms with E-state index in [9.17, 15) is 0 Å². The molecule has 0 saturated heterocycles. The van der Waals surface area contributed by atoms with Crippen molar-refractivity contribution < 1.29 is 0 Å². The van der Waals surface area contributed by atoms with E-state index in [0.717, 1.165) is 0 Å². The third-order valence-electron chi connectivity index (χ3n) is 0. The minimum absolute atomic E-state index is 0. The summed E-state index contributed by atoms with van der Waals surface area (Å²) < 4.78 is 0. The third kappa shape index (κ3) is 760. The molecule has 0 amide bonds. The summed E-state index contributed by atoms with van der Waals surface area (Å²) in [6.07, 6.45) is 0. The van der Waals surface area contributed by atoms with E-state index >= 15 is 0 Å². The van der Waals surface area contributed by atoms with E-state index < -0.39 is 0 Å². The molecule has 0 atom stereocenters. The van der Waals surface area contributed by atoms with Gasteiger partial charge < -0.3 is 0 Å². The van der Waals surface area contributed by atoms with E-state index in [4.69, 9.17) is 0 Å². The summed E-state index contributed by atoms with van der Waals surface area (Å²) in [6.45, 7) is 13.6. The summed E-state index contributed by atoms with van der Waals surface area (Å²) in [7, 11) is 0.241. The van der Waals surface area contributed by atoms with Crippen LogP contribution in [0.4, 0.5) is 0 Å². The Kier molecular flexibility index (Phi) is 60.0. The number of hydrogen-bond acceptors (Lipinski definition) is 0. The summed E-state index contributed by atoms with van der Waals surface area (Å²) in [6, 6.07) is 0. The molecule has 0 spiro atoms. The summed E-state index contributed by atoms with van der Waals surface area (Å²) in [5.41, 5.74) is 0. The van der Waals surface area contributed by atoms with Crippen LogP contribution in [0.15, 0.2) is 0 Å². The second kappa shape index (κ2) is 29.8. The molecular formula is C10H30Ge2SeSi2. The van der Waals surface area contributed by atoms with E-state index in [-0.39, 0.29) is 49.0 Å². The van der Waals surface area contributed by atoms with Crippen LogP contribution in [0.3, 0.4) is 0 Å². The molecule has 0 rings (SSSR count). The van der Waals surface area contributed by atoms with Gasteiger partial charge in [-0.1, -0.05) is 39.3 Å². The van der Waals surface area contributed by atoms with Gasteiger partial charge in [0.1, 0.15) is 0 Å². The van der Waals surface area contributed by atoms with Gasteiger partial charge in [0.25, 0.3) is 0 Å². The maximum atomic E-state index is 2.33. The van der Waals surface area contributed by atoms with Crippen molar-refractivity contribution in [1.29, 1.82) is 0 Å². The van der Waals surface area contributed by atoms with Gasteiger partial charge in [0.15, 0.2) is 0 Å². The summed E-state index contributed by atoms with van der Waals surface area (Å²) >= 11 is 1.67. The van der Waals surface area contributed by atoms with E-state index in [1.807, 2.05) is 22.3 Å². The van der Waals surface area contributed by atoms with Crippen LogP contribution in [0.25, 0.3) is 0 Å². The van der Waals surface area contributed by atoms with E-state index in [0.29, 0.717) is 0 Å². The van der Waals surface area contributed by atoms with Gasteiger partial charge in [0.2, 0.25) is 0 Å². The van der Waals surface area contributed by atoms with Crippen LogP contribution >= 0.6 is 0 Å². The maximum absolute atomic E-state index is 2.33. The van der Waals surface area contributed by atoms with Gasteiger partial charge in [0, 0.05) is 34.7 Å². The van der Waals surface area contributed by atoms with Crippen LogP contribution in [0, 0.1) is 0 Å². The quantitative estimate of drug-likeness (QED) is 0.511. The molecule has 5 heteroatoms. The molecule has 15 heavy (non-hydrogen) atoms. The molecule has 0 fully saturated rings. The largest absolute Gasteiger partial charge is 0 e. The van der Waals surface area contributed by atoms with Crippen LogP contribution in [-0.2, 0) is 0 Å². The van der Waals surface area contributed by atoms with Gasteiger partial charge in [-0.25, -0.2) is 0 Å². The van der Waals surface area contributed by atoms with Gasteiger partial charge >= 0.3 is 53.9 Å². The van der Waals surface area contributed by atoms with E-state index in [1.54, 1.807) is 0 Å². The zero-order valence-electron chi connectivity index (χ0n) is 12.4. The molecular weight excluding hydrogens is 400 g/mol. The fraction of sp³-hybridized carbons (Fsp3) is 1.00. The third-order valence-corrected chi connectivity index (χ3v) is 0. The average Bonchev–Trinajstić information content (AvgIpc) is 1.86. The molecule has 0 aliphatic rings. The van der Waals surface area contributed by atoms with Crippen LogP contribution in [0.5, 0.6) is 0 Å². The van der Waals surface area contributed by atoms with Gasteiger partial charge in [-0.15, -0.1) is 0 Å². The van der Waals surface area contributed by atoms with Crippen molar-refractivity contribution in [2.24, 2.45) is 0 Å². The molecule has 0 saturated carbocycles. The minimum atomic E-state index is -0.333. The van der Waals surface area contributed by atoms with Crippen molar-refractivity contribution in [2.45, 2.75) is 62.3 Å². The SMILES string of the molecule is C[Si](C)C.C[Si](C)C.[CH3][Ge].[CH3][Ge]([CH3])[CH3].[Se]. The Morgan fingerprint density at radius 3 is 0.667 bits per heavy atom. The fourth-order valence-corrected chi connectivity index (χ4v) is 0. The summed E-state index contributed by atoms with van der Waals surface area (Å²) in [4.78, 5) is 0.